The second-order valence-electron chi connectivity index (χ2n) is 6.98. The summed E-state index contributed by atoms with van der Waals surface area (Å²) in [6.45, 7) is 4.76. The van der Waals surface area contributed by atoms with Crippen molar-refractivity contribution in [1.29, 1.82) is 0 Å². The van der Waals surface area contributed by atoms with Gasteiger partial charge in [0.1, 0.15) is 0 Å². The van der Waals surface area contributed by atoms with E-state index in [1.807, 2.05) is 0 Å². The van der Waals surface area contributed by atoms with E-state index in [2.05, 4.69) is 11.1 Å². The SMILES string of the molecule is CCCCCCCCCCCCCCOCCOCCOCCOS(=O)(=O)O.[Na+]. The van der Waals surface area contributed by atoms with Gasteiger partial charge in [0.2, 0.25) is 0 Å². The molecule has 0 aliphatic heterocycles. The van der Waals surface area contributed by atoms with Crippen LogP contribution in [0.4, 0.5) is 0 Å². The third kappa shape index (κ3) is 31.0. The van der Waals surface area contributed by atoms with Gasteiger partial charge in [-0.15, -0.1) is 0 Å². The molecule has 0 saturated carbocycles. The molecule has 0 radical (unpaired) electrons. The number of hydrogen-bond donors (Lipinski definition) is 1. The maximum atomic E-state index is 10.3. The average Bonchev–Trinajstić information content (AvgIpc) is 2.65. The quantitative estimate of drug-likeness (QED) is 0.144. The molecule has 29 heavy (non-hydrogen) atoms. The van der Waals surface area contributed by atoms with E-state index in [4.69, 9.17) is 18.8 Å². The van der Waals surface area contributed by atoms with Gasteiger partial charge in [0.05, 0.1) is 39.6 Å². The molecule has 0 spiro atoms. The monoisotopic (exact) mass is 449 g/mol. The molecule has 0 heterocycles. The molecule has 0 bridgehead atoms. The first-order chi connectivity index (χ1) is 13.6. The Morgan fingerprint density at radius 2 is 0.897 bits per heavy atom. The fourth-order valence-corrected chi connectivity index (χ4v) is 3.06. The summed E-state index contributed by atoms with van der Waals surface area (Å²) in [5, 5.41) is 0. The summed E-state index contributed by atoms with van der Waals surface area (Å²) >= 11 is 0. The number of ether oxygens (including phenoxy) is 3. The summed E-state index contributed by atoms with van der Waals surface area (Å²) in [6.07, 6.45) is 16.1. The van der Waals surface area contributed by atoms with Crippen molar-refractivity contribution in [3.8, 4) is 0 Å². The van der Waals surface area contributed by atoms with Crippen LogP contribution < -0.4 is 29.6 Å². The van der Waals surface area contributed by atoms with Crippen molar-refractivity contribution in [3.05, 3.63) is 0 Å². The van der Waals surface area contributed by atoms with Gasteiger partial charge >= 0.3 is 40.0 Å². The predicted octanol–water partition coefficient (Wildman–Crippen LogP) is 1.56. The largest absolute Gasteiger partial charge is 1.00 e. The number of hydrogen-bond acceptors (Lipinski definition) is 6. The molecule has 0 amide bonds. The zero-order chi connectivity index (χ0) is 20.8. The minimum absolute atomic E-state index is 0. The van der Waals surface area contributed by atoms with Crippen molar-refractivity contribution in [2.45, 2.75) is 84.0 Å². The second kappa shape index (κ2) is 25.0. The maximum Gasteiger partial charge on any atom is 1.00 e. The standard InChI is InChI=1S/C20H42O7S.Na/c1-2-3-4-5-6-7-8-9-10-11-12-13-14-24-15-16-25-17-18-26-19-20-27-28(21,22)23;/h2-20H2,1H3,(H,21,22,23);/q;+1. The summed E-state index contributed by atoms with van der Waals surface area (Å²) in [7, 11) is -4.38. The second-order valence-corrected chi connectivity index (χ2v) is 8.07. The smallest absolute Gasteiger partial charge is 0.379 e. The van der Waals surface area contributed by atoms with Crippen molar-refractivity contribution in [2.24, 2.45) is 0 Å². The maximum absolute atomic E-state index is 10.3. The fraction of sp³-hybridized carbons (Fsp3) is 1.00. The van der Waals surface area contributed by atoms with Gasteiger partial charge in [0, 0.05) is 6.61 Å². The van der Waals surface area contributed by atoms with E-state index in [9.17, 15) is 8.42 Å². The molecule has 0 fully saturated rings. The number of rotatable bonds is 23. The molecule has 0 aliphatic rings. The molecule has 0 saturated heterocycles. The van der Waals surface area contributed by atoms with Crippen LogP contribution in [0.15, 0.2) is 0 Å². The van der Waals surface area contributed by atoms with E-state index in [0.717, 1.165) is 13.0 Å². The van der Waals surface area contributed by atoms with E-state index < -0.39 is 10.4 Å². The molecule has 0 unspecified atom stereocenters. The zero-order valence-corrected chi connectivity index (χ0v) is 21.6. The number of unbranched alkanes of at least 4 members (excludes halogenated alkanes) is 11. The Bertz CT molecular complexity index is 408. The molecule has 170 valence electrons. The Morgan fingerprint density at radius 1 is 0.552 bits per heavy atom. The van der Waals surface area contributed by atoms with Gasteiger partial charge in [-0.1, -0.05) is 77.6 Å². The molecule has 0 aromatic rings. The van der Waals surface area contributed by atoms with Crippen LogP contribution in [-0.4, -0.2) is 59.2 Å². The first kappa shape index (κ1) is 31.9. The first-order valence-electron chi connectivity index (χ1n) is 10.9. The van der Waals surface area contributed by atoms with Gasteiger partial charge in [-0.2, -0.15) is 8.42 Å². The fourth-order valence-electron chi connectivity index (χ4n) is 2.79. The molecular formula is C20H42NaO7S+. The molecular weight excluding hydrogens is 407 g/mol. The molecule has 0 aliphatic carbocycles. The van der Waals surface area contributed by atoms with Gasteiger partial charge in [-0.05, 0) is 6.42 Å². The molecule has 0 aromatic heterocycles. The average molecular weight is 450 g/mol. The van der Waals surface area contributed by atoms with Crippen molar-refractivity contribution in [2.75, 3.05) is 46.2 Å². The van der Waals surface area contributed by atoms with Crippen LogP contribution in [0, 0.1) is 0 Å². The summed E-state index contributed by atoms with van der Waals surface area (Å²) in [6, 6.07) is 0. The van der Waals surface area contributed by atoms with E-state index >= 15 is 0 Å². The molecule has 0 rings (SSSR count). The van der Waals surface area contributed by atoms with E-state index in [0.29, 0.717) is 26.4 Å². The van der Waals surface area contributed by atoms with Crippen LogP contribution in [0.3, 0.4) is 0 Å². The topological polar surface area (TPSA) is 91.3 Å². The van der Waals surface area contributed by atoms with Gasteiger partial charge in [-0.25, -0.2) is 4.18 Å². The minimum atomic E-state index is -4.38. The predicted molar refractivity (Wildman–Crippen MR) is 111 cm³/mol. The van der Waals surface area contributed by atoms with E-state index in [-0.39, 0.29) is 42.8 Å². The van der Waals surface area contributed by atoms with Gasteiger partial charge in [0.15, 0.2) is 0 Å². The third-order valence-corrected chi connectivity index (χ3v) is 4.81. The van der Waals surface area contributed by atoms with Crippen molar-refractivity contribution >= 4 is 10.4 Å². The van der Waals surface area contributed by atoms with Gasteiger partial charge in [-0.3, -0.25) is 4.55 Å². The summed E-state index contributed by atoms with van der Waals surface area (Å²) in [4.78, 5) is 0. The normalized spacial score (nSPS) is 11.5. The van der Waals surface area contributed by atoms with Gasteiger partial charge in [0.25, 0.3) is 0 Å². The van der Waals surface area contributed by atoms with Crippen LogP contribution in [0.25, 0.3) is 0 Å². The Kier molecular flexibility index (Phi) is 27.5. The summed E-state index contributed by atoms with van der Waals surface area (Å²) < 4.78 is 49.0. The Labute approximate surface area is 200 Å². The van der Waals surface area contributed by atoms with E-state index in [1.54, 1.807) is 0 Å². The third-order valence-electron chi connectivity index (χ3n) is 4.35. The van der Waals surface area contributed by atoms with Crippen LogP contribution in [0.2, 0.25) is 0 Å². The van der Waals surface area contributed by atoms with Crippen LogP contribution in [0.1, 0.15) is 84.0 Å². The zero-order valence-electron chi connectivity index (χ0n) is 18.7. The Morgan fingerprint density at radius 3 is 1.31 bits per heavy atom. The van der Waals surface area contributed by atoms with Crippen LogP contribution in [-0.2, 0) is 28.8 Å². The van der Waals surface area contributed by atoms with Crippen molar-refractivity contribution in [1.82, 2.24) is 0 Å². The Hall–Kier alpha value is 0.750. The van der Waals surface area contributed by atoms with Crippen molar-refractivity contribution in [3.63, 3.8) is 0 Å². The molecule has 1 N–H and O–H groups in total. The van der Waals surface area contributed by atoms with Gasteiger partial charge < -0.3 is 14.2 Å². The molecule has 0 aromatic carbocycles. The molecule has 9 heteroatoms. The van der Waals surface area contributed by atoms with Crippen LogP contribution in [0.5, 0.6) is 0 Å². The van der Waals surface area contributed by atoms with E-state index in [1.165, 1.54) is 70.6 Å². The minimum Gasteiger partial charge on any atom is -0.379 e. The Balaban J connectivity index is 0. The van der Waals surface area contributed by atoms with Crippen molar-refractivity contribution < 1.29 is 60.9 Å². The molecule has 7 nitrogen and oxygen atoms in total. The van der Waals surface area contributed by atoms with Crippen LogP contribution >= 0.6 is 0 Å². The molecule has 0 atom stereocenters. The summed E-state index contributed by atoms with van der Waals surface area (Å²) in [5.41, 5.74) is 0. The summed E-state index contributed by atoms with van der Waals surface area (Å²) in [5.74, 6) is 0. The first-order valence-corrected chi connectivity index (χ1v) is 12.3.